The van der Waals surface area contributed by atoms with Crippen molar-refractivity contribution in [3.05, 3.63) is 0 Å². The fourth-order valence-corrected chi connectivity index (χ4v) is 0. The summed E-state index contributed by atoms with van der Waals surface area (Å²) in [7, 11) is 0. The van der Waals surface area contributed by atoms with Crippen molar-refractivity contribution in [2.75, 3.05) is 0 Å². The van der Waals surface area contributed by atoms with E-state index < -0.39 is 67.0 Å². The van der Waals surface area contributed by atoms with E-state index in [0.29, 0.717) is 0 Å². The second-order valence-corrected chi connectivity index (χ2v) is 13.4. The van der Waals surface area contributed by atoms with Crippen molar-refractivity contribution in [3.63, 3.8) is 0 Å². The summed E-state index contributed by atoms with van der Waals surface area (Å²) >= 11 is -24.7. The molecule has 0 saturated heterocycles. The van der Waals surface area contributed by atoms with Gasteiger partial charge >= 0.3 is 176 Å². The van der Waals surface area contributed by atoms with Gasteiger partial charge in [-0.3, -0.25) is 0 Å². The molecule has 0 aliphatic heterocycles. The van der Waals surface area contributed by atoms with Gasteiger partial charge in [0, 0.05) is 0 Å². The summed E-state index contributed by atoms with van der Waals surface area (Å²) < 4.78 is 138. The molecule has 128 valence electrons. The van der Waals surface area contributed by atoms with E-state index in [2.05, 4.69) is 0 Å². The van der Waals surface area contributed by atoms with Crippen molar-refractivity contribution in [1.82, 2.24) is 0 Å². The Bertz CT molecular complexity index is 479. The minimum absolute atomic E-state index is 0. The van der Waals surface area contributed by atoms with Gasteiger partial charge in [0.25, 0.3) is 0 Å². The molecule has 0 bridgehead atoms. The molecule has 16 nitrogen and oxygen atoms in total. The topological polar surface area (TPSA) is 321 Å². The number of hydrogen-bond donors (Lipinski definition) is 0. The van der Waals surface area contributed by atoms with Gasteiger partial charge in [0.2, 0.25) is 0 Å². The van der Waals surface area contributed by atoms with Crippen LogP contribution in [0.4, 0.5) is 0 Å². The van der Waals surface area contributed by atoms with Crippen LogP contribution >= 0.6 is 0 Å². The average Bonchev–Trinajstić information content (AvgIpc) is 1.62. The van der Waals surface area contributed by atoms with E-state index in [0.717, 1.165) is 0 Å². The third-order valence-corrected chi connectivity index (χ3v) is 0. The second-order valence-electron chi connectivity index (χ2n) is 1.63. The van der Waals surface area contributed by atoms with Gasteiger partial charge in [-0.1, -0.05) is 0 Å². The van der Waals surface area contributed by atoms with Crippen LogP contribution in [0.25, 0.3) is 0 Å². The Balaban J connectivity index is -0.0000000376. The molecule has 0 rings (SSSR count). The summed E-state index contributed by atoms with van der Waals surface area (Å²) in [6.45, 7) is 0. The van der Waals surface area contributed by atoms with E-state index in [-0.39, 0.29) is 52.0 Å². The standard InChI is InChI=1S/Hf.16O.4W.Zr/q+4;;;;;;;;;8*-1;;;;;+4. The van der Waals surface area contributed by atoms with Crippen LogP contribution in [0, 0.1) is 0 Å². The molecule has 22 heteroatoms. The largest absolute Gasteiger partial charge is 4.00 e. The van der Waals surface area contributed by atoms with Gasteiger partial charge in [-0.2, -0.15) is 0 Å². The molecule has 0 amide bonds. The SMILES string of the molecule is [Hf+4].[O]=[W](=[O])([O-])[O-].[O]=[W](=[O])([O-])[O-].[O]=[W](=[O])([O-])[O-].[O]=[W](=[O])([O-])[O-].[Zr+4]. The van der Waals surface area contributed by atoms with Crippen LogP contribution in [0.15, 0.2) is 0 Å². The van der Waals surface area contributed by atoms with Gasteiger partial charge in [-0.15, -0.1) is 0 Å². The first-order valence-electron chi connectivity index (χ1n) is 2.67. The van der Waals surface area contributed by atoms with Crippen molar-refractivity contribution < 1.29 is 176 Å². The zero-order chi connectivity index (χ0) is 18.0. The van der Waals surface area contributed by atoms with E-state index in [4.69, 9.17) is 57.3 Å². The molecule has 0 radical (unpaired) electrons. The summed E-state index contributed by atoms with van der Waals surface area (Å²) in [6.07, 6.45) is 0. The maximum atomic E-state index is 8.65. The molecule has 0 heterocycles. The first-order chi connectivity index (χ1) is 8.00. The average molecular weight is 1260 g/mol. The predicted octanol–water partition coefficient (Wildman–Crippen LogP) is -10.5. The molecule has 0 aliphatic rings. The van der Waals surface area contributed by atoms with Crippen LogP contribution in [-0.4, -0.2) is 0 Å². The smallest absolute Gasteiger partial charge is 4.00 e. The Morgan fingerprint density at radius 1 is 0.364 bits per heavy atom. The molecule has 0 N–H and O–H groups in total. The van der Waals surface area contributed by atoms with Crippen molar-refractivity contribution >= 4 is 0 Å². The molecule has 0 saturated carbocycles. The number of hydrogen-bond acceptors (Lipinski definition) is 16. The van der Waals surface area contributed by atoms with E-state index in [1.807, 2.05) is 0 Å². The fraction of sp³-hybridized carbons (Fsp3) is 0. The monoisotopic (exact) mass is 1260 g/mol. The molecule has 0 unspecified atom stereocenters. The minimum atomic E-state index is -6.17. The van der Waals surface area contributed by atoms with Crippen LogP contribution in [0.5, 0.6) is 0 Å². The van der Waals surface area contributed by atoms with E-state index >= 15 is 0 Å². The van der Waals surface area contributed by atoms with Crippen molar-refractivity contribution in [2.24, 2.45) is 0 Å². The third-order valence-electron chi connectivity index (χ3n) is 0. The summed E-state index contributed by atoms with van der Waals surface area (Å²) in [5.74, 6) is 0. The molecular weight excluding hydrogens is 1260 g/mol. The van der Waals surface area contributed by atoms with Gasteiger partial charge in [-0.05, 0) is 0 Å². The summed E-state index contributed by atoms with van der Waals surface area (Å²) in [5, 5.41) is 0. The van der Waals surface area contributed by atoms with Crippen molar-refractivity contribution in [1.29, 1.82) is 0 Å². The summed E-state index contributed by atoms with van der Waals surface area (Å²) in [5.41, 5.74) is 0. The van der Waals surface area contributed by atoms with Crippen molar-refractivity contribution in [3.8, 4) is 0 Å². The quantitative estimate of drug-likeness (QED) is 0.203. The van der Waals surface area contributed by atoms with Crippen LogP contribution in [-0.2, 0) is 146 Å². The summed E-state index contributed by atoms with van der Waals surface area (Å²) in [6, 6.07) is 0. The Labute approximate surface area is 173 Å². The maximum Gasteiger partial charge on any atom is 4.00 e. The van der Waals surface area contributed by atoms with Gasteiger partial charge in [0.05, 0.1) is 0 Å². The van der Waals surface area contributed by atoms with Crippen LogP contribution in [0.1, 0.15) is 0 Å². The van der Waals surface area contributed by atoms with Gasteiger partial charge in [0.15, 0.2) is 0 Å². The Kier molecular flexibility index (Phi) is 30.6. The normalized spacial score (nSPS) is 10.5. The van der Waals surface area contributed by atoms with Gasteiger partial charge < -0.3 is 0 Å². The molecule has 0 aromatic heterocycles. The molecular formula is HfO16W4Zr. The Hall–Kier alpha value is 2.59. The first-order valence-corrected chi connectivity index (χ1v) is 21.8. The molecule has 0 aliphatic carbocycles. The van der Waals surface area contributed by atoms with Crippen LogP contribution in [0.3, 0.4) is 0 Å². The van der Waals surface area contributed by atoms with Crippen LogP contribution in [0.2, 0.25) is 0 Å². The Morgan fingerprint density at radius 2 is 0.364 bits per heavy atom. The van der Waals surface area contributed by atoms with Crippen molar-refractivity contribution in [2.45, 2.75) is 0 Å². The second kappa shape index (κ2) is 17.0. The molecule has 22 heavy (non-hydrogen) atoms. The fourth-order valence-electron chi connectivity index (χ4n) is 0. The summed E-state index contributed by atoms with van der Waals surface area (Å²) in [4.78, 5) is 0. The van der Waals surface area contributed by atoms with E-state index in [1.165, 1.54) is 0 Å². The molecule has 0 fully saturated rings. The van der Waals surface area contributed by atoms with Crippen LogP contribution < -0.4 is 30.1 Å². The van der Waals surface area contributed by atoms with E-state index in [9.17, 15) is 0 Å². The van der Waals surface area contributed by atoms with E-state index in [1.54, 1.807) is 0 Å². The molecule has 0 spiro atoms. The number of rotatable bonds is 0. The Morgan fingerprint density at radius 3 is 0.364 bits per heavy atom. The zero-order valence-electron chi connectivity index (χ0n) is 9.16. The maximum absolute atomic E-state index is 8.65. The zero-order valence-corrected chi connectivity index (χ0v) is 26.9. The van der Waals surface area contributed by atoms with Gasteiger partial charge in [0.1, 0.15) is 0 Å². The third kappa shape index (κ3) is 1570. The molecule has 0 aromatic carbocycles. The minimum Gasteiger partial charge on any atom is 4.00 e. The predicted molar refractivity (Wildman–Crippen MR) is 5.49 cm³/mol. The molecule has 0 aromatic rings. The first kappa shape index (κ1) is 39.6. The van der Waals surface area contributed by atoms with Gasteiger partial charge in [-0.25, -0.2) is 0 Å². The molecule has 0 atom stereocenters.